The number of nitrogens with two attached hydrogens (primary N) is 1. The Kier molecular flexibility index (Phi) is 4.87. The van der Waals surface area contributed by atoms with E-state index < -0.39 is 0 Å². The molecule has 0 fully saturated rings. The third-order valence-corrected chi connectivity index (χ3v) is 1.47. The van der Waals surface area contributed by atoms with Crippen molar-refractivity contribution in [1.82, 2.24) is 0 Å². The monoisotopic (exact) mass is 217 g/mol. The molecule has 1 aromatic rings. The summed E-state index contributed by atoms with van der Waals surface area (Å²) in [6.07, 6.45) is 0.716. The first-order valence-electron chi connectivity index (χ1n) is 3.45. The van der Waals surface area contributed by atoms with Gasteiger partial charge in [0.25, 0.3) is 0 Å². The van der Waals surface area contributed by atoms with E-state index in [1.165, 1.54) is 12.1 Å². The molecule has 12 heavy (non-hydrogen) atoms. The maximum absolute atomic E-state index is 9.04. The molecule has 0 saturated heterocycles. The standard InChI is InChI=1S/C8H11NO2.Zn/c9-4-3-6-1-2-7(10)8(11)5-6;/h1-2,5,10-11H,3-4,9H2;. The van der Waals surface area contributed by atoms with E-state index in [9.17, 15) is 0 Å². The molecule has 0 saturated carbocycles. The van der Waals surface area contributed by atoms with Gasteiger partial charge in [0.05, 0.1) is 0 Å². The van der Waals surface area contributed by atoms with E-state index in [4.69, 9.17) is 15.9 Å². The van der Waals surface area contributed by atoms with E-state index in [1.54, 1.807) is 6.07 Å². The van der Waals surface area contributed by atoms with Crippen LogP contribution in [0.4, 0.5) is 0 Å². The molecule has 3 nitrogen and oxygen atoms in total. The smallest absolute Gasteiger partial charge is 0.157 e. The normalized spacial score (nSPS) is 9.08. The number of phenolic OH excluding ortho intramolecular Hbond substituents is 2. The Morgan fingerprint density at radius 3 is 2.33 bits per heavy atom. The second-order valence-electron chi connectivity index (χ2n) is 2.36. The Morgan fingerprint density at radius 2 is 1.83 bits per heavy atom. The van der Waals surface area contributed by atoms with Crippen molar-refractivity contribution >= 4 is 0 Å². The summed E-state index contributed by atoms with van der Waals surface area (Å²) in [4.78, 5) is 0. The molecule has 0 radical (unpaired) electrons. The quantitative estimate of drug-likeness (QED) is 0.503. The third-order valence-electron chi connectivity index (χ3n) is 1.47. The SMILES string of the molecule is NCCc1ccc(O)c(O)c1.[Zn]. The molecule has 1 aromatic carbocycles. The minimum Gasteiger partial charge on any atom is -0.504 e. The topological polar surface area (TPSA) is 66.5 Å². The summed E-state index contributed by atoms with van der Waals surface area (Å²) >= 11 is 0. The second kappa shape index (κ2) is 5.12. The molecule has 62 valence electrons. The van der Waals surface area contributed by atoms with Crippen LogP contribution in [0, 0.1) is 0 Å². The summed E-state index contributed by atoms with van der Waals surface area (Å²) in [5, 5.41) is 18.0. The van der Waals surface area contributed by atoms with Crippen LogP contribution in [0.5, 0.6) is 11.5 Å². The van der Waals surface area contributed by atoms with E-state index in [0.29, 0.717) is 13.0 Å². The maximum atomic E-state index is 9.04. The predicted octanol–water partition coefficient (Wildman–Crippen LogP) is 0.596. The molecule has 4 heteroatoms. The van der Waals surface area contributed by atoms with Crippen molar-refractivity contribution in [3.63, 3.8) is 0 Å². The van der Waals surface area contributed by atoms with Gasteiger partial charge in [-0.15, -0.1) is 0 Å². The maximum Gasteiger partial charge on any atom is 0.157 e. The molecule has 0 unspecified atom stereocenters. The van der Waals surface area contributed by atoms with Crippen LogP contribution in [0.2, 0.25) is 0 Å². The fourth-order valence-electron chi connectivity index (χ4n) is 0.891. The van der Waals surface area contributed by atoms with Gasteiger partial charge >= 0.3 is 0 Å². The van der Waals surface area contributed by atoms with E-state index in [0.717, 1.165) is 5.56 Å². The number of rotatable bonds is 2. The molecule has 4 N–H and O–H groups in total. The zero-order valence-corrected chi connectivity index (χ0v) is 9.79. The van der Waals surface area contributed by atoms with Gasteiger partial charge in [-0.05, 0) is 30.7 Å². The molecule has 0 amide bonds. The van der Waals surface area contributed by atoms with Crippen LogP contribution in [0.15, 0.2) is 18.2 Å². The summed E-state index contributed by atoms with van der Waals surface area (Å²) in [7, 11) is 0. The van der Waals surface area contributed by atoms with Crippen molar-refractivity contribution in [2.75, 3.05) is 6.54 Å². The number of benzene rings is 1. The minimum absolute atomic E-state index is 0. The molecule has 0 aliphatic heterocycles. The van der Waals surface area contributed by atoms with Crippen LogP contribution in [0.3, 0.4) is 0 Å². The van der Waals surface area contributed by atoms with Crippen LogP contribution in [-0.4, -0.2) is 16.8 Å². The van der Waals surface area contributed by atoms with E-state index in [2.05, 4.69) is 0 Å². The minimum atomic E-state index is -0.0919. The Balaban J connectivity index is 0.00000121. The van der Waals surface area contributed by atoms with Crippen molar-refractivity contribution in [1.29, 1.82) is 0 Å². The van der Waals surface area contributed by atoms with Gasteiger partial charge in [0.15, 0.2) is 11.5 Å². The van der Waals surface area contributed by atoms with Crippen molar-refractivity contribution in [3.05, 3.63) is 23.8 Å². The van der Waals surface area contributed by atoms with Crippen molar-refractivity contribution in [2.45, 2.75) is 6.42 Å². The summed E-state index contributed by atoms with van der Waals surface area (Å²) in [6, 6.07) is 4.71. The van der Waals surface area contributed by atoms with Crippen LogP contribution < -0.4 is 5.73 Å². The fourth-order valence-corrected chi connectivity index (χ4v) is 0.891. The van der Waals surface area contributed by atoms with E-state index >= 15 is 0 Å². The molecule has 1 rings (SSSR count). The first-order valence-corrected chi connectivity index (χ1v) is 3.45. The zero-order valence-electron chi connectivity index (χ0n) is 6.83. The van der Waals surface area contributed by atoms with Gasteiger partial charge < -0.3 is 15.9 Å². The van der Waals surface area contributed by atoms with Gasteiger partial charge in [-0.3, -0.25) is 0 Å². The second-order valence-corrected chi connectivity index (χ2v) is 2.36. The van der Waals surface area contributed by atoms with Gasteiger partial charge in [-0.1, -0.05) is 6.07 Å². The Hall–Kier alpha value is -0.597. The number of hydrogen-bond donors (Lipinski definition) is 3. The molecule has 0 aliphatic rings. The summed E-state index contributed by atoms with van der Waals surface area (Å²) in [5.74, 6) is -0.179. The van der Waals surface area contributed by atoms with Crippen molar-refractivity contribution in [3.8, 4) is 11.5 Å². The van der Waals surface area contributed by atoms with E-state index in [-0.39, 0.29) is 31.0 Å². The molecule has 0 spiro atoms. The van der Waals surface area contributed by atoms with Gasteiger partial charge in [-0.25, -0.2) is 0 Å². The average Bonchev–Trinajstić information content (AvgIpc) is 1.98. The average molecular weight is 219 g/mol. The number of hydrogen-bond acceptors (Lipinski definition) is 3. The van der Waals surface area contributed by atoms with Gasteiger partial charge in [0, 0.05) is 19.5 Å². The summed E-state index contributed by atoms with van der Waals surface area (Å²) < 4.78 is 0. The largest absolute Gasteiger partial charge is 0.504 e. The van der Waals surface area contributed by atoms with Crippen LogP contribution in [0.1, 0.15) is 5.56 Å². The van der Waals surface area contributed by atoms with Gasteiger partial charge in [0.1, 0.15) is 0 Å². The molecule has 0 heterocycles. The number of phenols is 2. The van der Waals surface area contributed by atoms with E-state index in [1.807, 2.05) is 0 Å². The zero-order chi connectivity index (χ0) is 8.27. The van der Waals surface area contributed by atoms with Crippen molar-refractivity contribution < 1.29 is 29.7 Å². The molecular formula is C8H11NO2Zn. The summed E-state index contributed by atoms with van der Waals surface area (Å²) in [5.41, 5.74) is 6.24. The fraction of sp³-hybridized carbons (Fsp3) is 0.250. The van der Waals surface area contributed by atoms with Crippen LogP contribution in [-0.2, 0) is 25.9 Å². The molecule has 0 atom stereocenters. The third kappa shape index (κ3) is 2.80. The summed E-state index contributed by atoms with van der Waals surface area (Å²) in [6.45, 7) is 0.546. The van der Waals surface area contributed by atoms with Gasteiger partial charge in [0.2, 0.25) is 0 Å². The molecule has 0 bridgehead atoms. The predicted molar refractivity (Wildman–Crippen MR) is 42.5 cm³/mol. The Morgan fingerprint density at radius 1 is 1.17 bits per heavy atom. The van der Waals surface area contributed by atoms with Crippen LogP contribution >= 0.6 is 0 Å². The molecular weight excluding hydrogens is 207 g/mol. The number of aromatic hydroxyl groups is 2. The molecule has 0 aromatic heterocycles. The molecule has 0 aliphatic carbocycles. The Labute approximate surface area is 84.0 Å². The van der Waals surface area contributed by atoms with Crippen LogP contribution in [0.25, 0.3) is 0 Å². The van der Waals surface area contributed by atoms with Gasteiger partial charge in [-0.2, -0.15) is 0 Å². The first kappa shape index (κ1) is 11.4. The Bertz CT molecular complexity index is 253. The first-order chi connectivity index (χ1) is 5.24. The van der Waals surface area contributed by atoms with Crippen molar-refractivity contribution in [2.24, 2.45) is 5.73 Å².